The maximum Gasteiger partial charge on any atom is 0.224 e. The molecule has 0 aliphatic carbocycles. The quantitative estimate of drug-likeness (QED) is 0.469. The summed E-state index contributed by atoms with van der Waals surface area (Å²) in [5, 5.41) is 0. The number of nitrogens with zero attached hydrogens (tertiary/aromatic N) is 5. The average molecular weight is 282 g/mol. The smallest absolute Gasteiger partial charge is 0.224 e. The van der Waals surface area contributed by atoms with Gasteiger partial charge in [0.05, 0.1) is 12.9 Å². The third kappa shape index (κ3) is 2.59. The number of imidazole rings is 1. The Labute approximate surface area is 120 Å². The standard InChI is InChI=1S/C13H14N8/c14-12(15)18-10-9-11(20-13(16)19-10)21(7-17-9)6-8-4-2-1-3-5-8/h1-5,7H,6H2,(H6,14,15,16,18,19,20). The predicted octanol–water partition coefficient (Wildman–Crippen LogP) is 0.362. The van der Waals surface area contributed by atoms with Crippen LogP contribution in [0.2, 0.25) is 0 Å². The number of anilines is 1. The van der Waals surface area contributed by atoms with Gasteiger partial charge in [-0.25, -0.2) is 4.98 Å². The molecule has 0 amide bonds. The minimum Gasteiger partial charge on any atom is -0.370 e. The van der Waals surface area contributed by atoms with Crippen molar-refractivity contribution in [1.82, 2.24) is 19.5 Å². The Kier molecular flexibility index (Phi) is 3.11. The van der Waals surface area contributed by atoms with Crippen LogP contribution in [0, 0.1) is 0 Å². The van der Waals surface area contributed by atoms with Crippen molar-refractivity contribution in [2.75, 3.05) is 5.73 Å². The van der Waals surface area contributed by atoms with Crippen molar-refractivity contribution in [3.8, 4) is 0 Å². The first-order valence-corrected chi connectivity index (χ1v) is 6.25. The van der Waals surface area contributed by atoms with E-state index in [1.54, 1.807) is 6.33 Å². The lowest BCUT2D eigenvalue weighted by Crippen LogP contribution is -2.22. The number of hydrogen-bond acceptors (Lipinski definition) is 5. The van der Waals surface area contributed by atoms with Gasteiger partial charge in [-0.2, -0.15) is 15.0 Å². The molecule has 8 nitrogen and oxygen atoms in total. The van der Waals surface area contributed by atoms with E-state index in [4.69, 9.17) is 17.2 Å². The molecule has 0 saturated carbocycles. The van der Waals surface area contributed by atoms with Gasteiger partial charge in [-0.05, 0) is 5.56 Å². The topological polar surface area (TPSA) is 134 Å². The van der Waals surface area contributed by atoms with E-state index >= 15 is 0 Å². The molecular weight excluding hydrogens is 268 g/mol. The van der Waals surface area contributed by atoms with Gasteiger partial charge in [0.1, 0.15) is 0 Å². The molecule has 0 saturated heterocycles. The zero-order valence-corrected chi connectivity index (χ0v) is 11.1. The maximum absolute atomic E-state index is 5.71. The van der Waals surface area contributed by atoms with Crippen LogP contribution in [0.3, 0.4) is 0 Å². The number of guanidine groups is 1. The van der Waals surface area contributed by atoms with Crippen LogP contribution in [0.15, 0.2) is 41.7 Å². The molecule has 8 heteroatoms. The van der Waals surface area contributed by atoms with E-state index in [0.29, 0.717) is 17.7 Å². The Morgan fingerprint density at radius 1 is 1.14 bits per heavy atom. The van der Waals surface area contributed by atoms with Gasteiger partial charge in [0.2, 0.25) is 5.95 Å². The second-order valence-corrected chi connectivity index (χ2v) is 4.47. The summed E-state index contributed by atoms with van der Waals surface area (Å²) in [5.74, 6) is 0.258. The van der Waals surface area contributed by atoms with Crippen LogP contribution in [0.1, 0.15) is 5.56 Å². The van der Waals surface area contributed by atoms with Crippen molar-refractivity contribution in [3.05, 3.63) is 42.2 Å². The molecule has 0 radical (unpaired) electrons. The monoisotopic (exact) mass is 282 g/mol. The number of rotatable bonds is 3. The molecule has 2 heterocycles. The summed E-state index contributed by atoms with van der Waals surface area (Å²) in [6, 6.07) is 9.96. The lowest BCUT2D eigenvalue weighted by molar-refractivity contribution is 0.814. The number of fused-ring (bicyclic) bond motifs is 1. The van der Waals surface area contributed by atoms with Crippen LogP contribution in [-0.4, -0.2) is 25.5 Å². The molecule has 3 aromatic rings. The van der Waals surface area contributed by atoms with Gasteiger partial charge in [-0.15, -0.1) is 0 Å². The molecule has 0 spiro atoms. The second-order valence-electron chi connectivity index (χ2n) is 4.47. The Morgan fingerprint density at radius 3 is 2.62 bits per heavy atom. The van der Waals surface area contributed by atoms with Crippen LogP contribution in [0.25, 0.3) is 11.2 Å². The highest BCUT2D eigenvalue weighted by Gasteiger charge is 2.12. The van der Waals surface area contributed by atoms with E-state index in [-0.39, 0.29) is 17.7 Å². The molecule has 2 aromatic heterocycles. The number of nitrogens with two attached hydrogens (primary N) is 3. The van der Waals surface area contributed by atoms with Crippen molar-refractivity contribution >= 4 is 28.9 Å². The number of hydrogen-bond donors (Lipinski definition) is 3. The first kappa shape index (κ1) is 12.9. The minimum atomic E-state index is -0.105. The second kappa shape index (κ2) is 5.08. The fourth-order valence-electron chi connectivity index (χ4n) is 2.04. The largest absolute Gasteiger partial charge is 0.370 e. The summed E-state index contributed by atoms with van der Waals surface area (Å²) in [5.41, 5.74) is 18.7. The predicted molar refractivity (Wildman–Crippen MR) is 80.7 cm³/mol. The summed E-state index contributed by atoms with van der Waals surface area (Å²) in [7, 11) is 0. The molecule has 0 bridgehead atoms. The van der Waals surface area contributed by atoms with Crippen molar-refractivity contribution in [2.24, 2.45) is 16.5 Å². The van der Waals surface area contributed by atoms with Gasteiger partial charge in [0.15, 0.2) is 22.9 Å². The summed E-state index contributed by atoms with van der Waals surface area (Å²) in [6.45, 7) is 0.620. The van der Waals surface area contributed by atoms with Crippen molar-refractivity contribution in [3.63, 3.8) is 0 Å². The highest BCUT2D eigenvalue weighted by Crippen LogP contribution is 2.22. The summed E-state index contributed by atoms with van der Waals surface area (Å²) >= 11 is 0. The van der Waals surface area contributed by atoms with Crippen LogP contribution in [-0.2, 0) is 6.54 Å². The van der Waals surface area contributed by atoms with Crippen molar-refractivity contribution in [1.29, 1.82) is 0 Å². The molecular formula is C13H14N8. The molecule has 0 unspecified atom stereocenters. The Balaban J connectivity index is 2.10. The van der Waals surface area contributed by atoms with E-state index in [1.165, 1.54) is 0 Å². The Bertz CT molecular complexity index is 802. The lowest BCUT2D eigenvalue weighted by Gasteiger charge is -2.04. The third-order valence-electron chi connectivity index (χ3n) is 2.89. The first-order valence-electron chi connectivity index (χ1n) is 6.25. The van der Waals surface area contributed by atoms with Crippen LogP contribution < -0.4 is 17.2 Å². The fourth-order valence-corrected chi connectivity index (χ4v) is 2.04. The summed E-state index contributed by atoms with van der Waals surface area (Å²) < 4.78 is 1.87. The third-order valence-corrected chi connectivity index (χ3v) is 2.89. The van der Waals surface area contributed by atoms with E-state index in [1.807, 2.05) is 34.9 Å². The summed E-state index contributed by atoms with van der Waals surface area (Å²) in [4.78, 5) is 16.4. The summed E-state index contributed by atoms with van der Waals surface area (Å²) in [6.07, 6.45) is 1.66. The van der Waals surface area contributed by atoms with Gasteiger partial charge in [-0.1, -0.05) is 30.3 Å². The Hall–Kier alpha value is -3.16. The number of nitrogen functional groups attached to an aromatic ring is 1. The normalized spacial score (nSPS) is 10.7. The molecule has 0 aliphatic rings. The SMILES string of the molecule is NC(N)=Nc1nc(N)nc2c1ncn2Cc1ccccc1. The molecule has 0 atom stereocenters. The molecule has 1 aromatic carbocycles. The average Bonchev–Trinajstić information content (AvgIpc) is 2.82. The molecule has 21 heavy (non-hydrogen) atoms. The van der Waals surface area contributed by atoms with Crippen LogP contribution in [0.5, 0.6) is 0 Å². The zero-order valence-electron chi connectivity index (χ0n) is 11.1. The number of aromatic nitrogens is 4. The molecule has 3 rings (SSSR count). The van der Waals surface area contributed by atoms with Gasteiger partial charge >= 0.3 is 0 Å². The van der Waals surface area contributed by atoms with Crippen molar-refractivity contribution < 1.29 is 0 Å². The van der Waals surface area contributed by atoms with Crippen LogP contribution >= 0.6 is 0 Å². The van der Waals surface area contributed by atoms with E-state index < -0.39 is 0 Å². The Morgan fingerprint density at radius 2 is 1.90 bits per heavy atom. The van der Waals surface area contributed by atoms with Gasteiger partial charge in [0, 0.05) is 0 Å². The highest BCUT2D eigenvalue weighted by molar-refractivity contribution is 5.87. The maximum atomic E-state index is 5.71. The lowest BCUT2D eigenvalue weighted by atomic mass is 10.2. The van der Waals surface area contributed by atoms with Gasteiger partial charge in [0.25, 0.3) is 0 Å². The van der Waals surface area contributed by atoms with E-state index in [9.17, 15) is 0 Å². The zero-order chi connectivity index (χ0) is 14.8. The minimum absolute atomic E-state index is 0.0947. The number of aliphatic imine (C=N–C) groups is 1. The molecule has 6 N–H and O–H groups in total. The fraction of sp³-hybridized carbons (Fsp3) is 0.0769. The molecule has 106 valence electrons. The van der Waals surface area contributed by atoms with Gasteiger partial charge in [-0.3, -0.25) is 0 Å². The molecule has 0 aliphatic heterocycles. The first-order chi connectivity index (χ1) is 10.1. The number of benzene rings is 1. The van der Waals surface area contributed by atoms with Gasteiger partial charge < -0.3 is 21.8 Å². The van der Waals surface area contributed by atoms with E-state index in [0.717, 1.165) is 5.56 Å². The van der Waals surface area contributed by atoms with E-state index in [2.05, 4.69) is 19.9 Å². The van der Waals surface area contributed by atoms with Crippen LogP contribution in [0.4, 0.5) is 11.8 Å². The highest BCUT2D eigenvalue weighted by atomic mass is 15.2. The van der Waals surface area contributed by atoms with Crippen molar-refractivity contribution in [2.45, 2.75) is 6.54 Å². The molecule has 0 fully saturated rings.